The summed E-state index contributed by atoms with van der Waals surface area (Å²) in [4.78, 5) is 13.6. The molecule has 0 spiro atoms. The summed E-state index contributed by atoms with van der Waals surface area (Å²) in [6.45, 7) is 8.82. The van der Waals surface area contributed by atoms with Crippen LogP contribution in [0.5, 0.6) is 0 Å². The summed E-state index contributed by atoms with van der Waals surface area (Å²) in [6.07, 6.45) is 1.56. The Kier molecular flexibility index (Phi) is 5.23. The Morgan fingerprint density at radius 2 is 1.96 bits per heavy atom. The van der Waals surface area contributed by atoms with Gasteiger partial charge in [0.2, 0.25) is 0 Å². The highest BCUT2D eigenvalue weighted by Gasteiger charge is 2.17. The number of nitrogens with one attached hydrogen (secondary N) is 1. The summed E-state index contributed by atoms with van der Waals surface area (Å²) in [5, 5.41) is 3.96. The molecule has 1 saturated heterocycles. The van der Waals surface area contributed by atoms with Crippen LogP contribution < -0.4 is 10.3 Å². The van der Waals surface area contributed by atoms with Crippen molar-refractivity contribution in [3.05, 3.63) is 29.6 Å². The molecule has 1 amide bonds. The van der Waals surface area contributed by atoms with E-state index < -0.39 is 11.7 Å². The number of ether oxygens (including phenoxy) is 1. The fourth-order valence-electron chi connectivity index (χ4n) is 2.44. The number of carbonyl (C=O) groups is 1. The van der Waals surface area contributed by atoms with Crippen LogP contribution in [0.2, 0.25) is 0 Å². The molecule has 0 unspecified atom stereocenters. The summed E-state index contributed by atoms with van der Waals surface area (Å²) in [7, 11) is 0. The average Bonchev–Trinajstić information content (AvgIpc) is 2.96. The average molecular weight is 321 g/mol. The predicted molar refractivity (Wildman–Crippen MR) is 89.4 cm³/mol. The Hall–Kier alpha value is -2.11. The number of rotatable bonds is 3. The second kappa shape index (κ2) is 6.98. The quantitative estimate of drug-likeness (QED) is 0.682. The summed E-state index contributed by atoms with van der Waals surface area (Å²) in [5.41, 5.74) is 3.50. The van der Waals surface area contributed by atoms with Gasteiger partial charge < -0.3 is 9.64 Å². The molecule has 0 radical (unpaired) electrons. The molecule has 1 aromatic carbocycles. The molecule has 126 valence electrons. The zero-order chi connectivity index (χ0) is 17.0. The van der Waals surface area contributed by atoms with Crippen LogP contribution in [0, 0.1) is 5.82 Å². The Morgan fingerprint density at radius 3 is 2.52 bits per heavy atom. The van der Waals surface area contributed by atoms with Gasteiger partial charge in [-0.3, -0.25) is 0 Å². The van der Waals surface area contributed by atoms with Gasteiger partial charge >= 0.3 is 6.09 Å². The van der Waals surface area contributed by atoms with Gasteiger partial charge in [0, 0.05) is 18.7 Å². The van der Waals surface area contributed by atoms with E-state index >= 15 is 0 Å². The molecule has 23 heavy (non-hydrogen) atoms. The number of amides is 1. The molecule has 0 bridgehead atoms. The lowest BCUT2D eigenvalue weighted by Gasteiger charge is -2.19. The van der Waals surface area contributed by atoms with E-state index in [-0.39, 0.29) is 5.82 Å². The normalized spacial score (nSPS) is 15.7. The fraction of sp³-hybridized carbons (Fsp3) is 0.529. The highest BCUT2D eigenvalue weighted by atomic mass is 19.1. The molecule has 1 aliphatic heterocycles. The van der Waals surface area contributed by atoms with E-state index in [1.807, 2.05) is 11.0 Å². The van der Waals surface area contributed by atoms with Crippen molar-refractivity contribution in [1.29, 1.82) is 0 Å². The first-order valence-corrected chi connectivity index (χ1v) is 7.84. The Labute approximate surface area is 136 Å². The van der Waals surface area contributed by atoms with Gasteiger partial charge in [-0.25, -0.2) is 14.6 Å². The monoisotopic (exact) mass is 321 g/mol. The van der Waals surface area contributed by atoms with Crippen molar-refractivity contribution in [2.45, 2.75) is 46.1 Å². The molecule has 5 nitrogen and oxygen atoms in total. The molecule has 1 heterocycles. The summed E-state index contributed by atoms with van der Waals surface area (Å²) in [6, 6.07) is 5.03. The van der Waals surface area contributed by atoms with Crippen molar-refractivity contribution in [3.63, 3.8) is 0 Å². The molecule has 1 aromatic rings. The minimum Gasteiger partial charge on any atom is -0.443 e. The van der Waals surface area contributed by atoms with E-state index in [9.17, 15) is 9.18 Å². The number of hydrogen-bond donors (Lipinski definition) is 1. The summed E-state index contributed by atoms with van der Waals surface area (Å²) < 4.78 is 19.4. The minimum atomic E-state index is -0.633. The van der Waals surface area contributed by atoms with Gasteiger partial charge in [-0.05, 0) is 52.7 Å². The smallest absolute Gasteiger partial charge is 0.428 e. The number of hydrogen-bond acceptors (Lipinski definition) is 4. The first-order valence-electron chi connectivity index (χ1n) is 7.84. The number of nitrogens with zero attached hydrogens (tertiary/aromatic N) is 2. The first-order chi connectivity index (χ1) is 10.8. The molecular weight excluding hydrogens is 297 g/mol. The van der Waals surface area contributed by atoms with Crippen molar-refractivity contribution in [3.8, 4) is 0 Å². The van der Waals surface area contributed by atoms with Crippen LogP contribution in [-0.4, -0.2) is 30.5 Å². The third-order valence-electron chi connectivity index (χ3n) is 3.53. The standard InChI is InChI=1S/C17H24FN3O2/c1-12(19-20-16(22)23-17(2,3)4)13-7-8-15(14(18)11-13)21-9-5-6-10-21/h7-8,11H,5-6,9-10H2,1-4H3,(H,20,22)/b19-12-. The van der Waals surface area contributed by atoms with Crippen LogP contribution >= 0.6 is 0 Å². The second-order valence-electron chi connectivity index (χ2n) is 6.67. The van der Waals surface area contributed by atoms with E-state index in [0.29, 0.717) is 17.0 Å². The largest absolute Gasteiger partial charge is 0.443 e. The van der Waals surface area contributed by atoms with Crippen LogP contribution in [0.4, 0.5) is 14.9 Å². The molecule has 6 heteroatoms. The van der Waals surface area contributed by atoms with Crippen LogP contribution in [0.3, 0.4) is 0 Å². The maximum atomic E-state index is 14.3. The van der Waals surface area contributed by atoms with Crippen molar-refractivity contribution in [1.82, 2.24) is 5.43 Å². The third kappa shape index (κ3) is 4.94. The van der Waals surface area contributed by atoms with Crippen LogP contribution in [-0.2, 0) is 4.74 Å². The van der Waals surface area contributed by atoms with Gasteiger partial charge in [0.15, 0.2) is 0 Å². The number of halogens is 1. The lowest BCUT2D eigenvalue weighted by atomic mass is 10.1. The fourth-order valence-corrected chi connectivity index (χ4v) is 2.44. The van der Waals surface area contributed by atoms with Crippen LogP contribution in [0.25, 0.3) is 0 Å². The molecule has 0 atom stereocenters. The molecule has 2 rings (SSSR count). The topological polar surface area (TPSA) is 53.9 Å². The molecule has 0 saturated carbocycles. The lowest BCUT2D eigenvalue weighted by molar-refractivity contribution is 0.0529. The molecule has 0 aromatic heterocycles. The highest BCUT2D eigenvalue weighted by molar-refractivity contribution is 5.99. The SMILES string of the molecule is C/C(=N/NC(=O)OC(C)(C)C)c1ccc(N2CCCC2)c(F)c1. The maximum absolute atomic E-state index is 14.3. The van der Waals surface area contributed by atoms with Gasteiger partial charge in [0.25, 0.3) is 0 Å². The number of hydrazone groups is 1. The van der Waals surface area contributed by atoms with E-state index in [1.54, 1.807) is 33.8 Å². The van der Waals surface area contributed by atoms with Crippen molar-refractivity contribution < 1.29 is 13.9 Å². The Morgan fingerprint density at radius 1 is 1.30 bits per heavy atom. The van der Waals surface area contributed by atoms with Gasteiger partial charge in [-0.1, -0.05) is 6.07 Å². The summed E-state index contributed by atoms with van der Waals surface area (Å²) in [5.74, 6) is -0.267. The van der Waals surface area contributed by atoms with E-state index in [0.717, 1.165) is 25.9 Å². The zero-order valence-corrected chi connectivity index (χ0v) is 14.1. The van der Waals surface area contributed by atoms with Gasteiger partial charge in [-0.15, -0.1) is 0 Å². The van der Waals surface area contributed by atoms with Crippen LogP contribution in [0.1, 0.15) is 46.1 Å². The predicted octanol–water partition coefficient (Wildman–Crippen LogP) is 3.67. The van der Waals surface area contributed by atoms with Gasteiger partial charge in [0.1, 0.15) is 11.4 Å². The van der Waals surface area contributed by atoms with E-state index in [1.165, 1.54) is 6.07 Å². The molecular formula is C17H24FN3O2. The maximum Gasteiger partial charge on any atom is 0.428 e. The highest BCUT2D eigenvalue weighted by Crippen LogP contribution is 2.24. The van der Waals surface area contributed by atoms with Crippen molar-refractivity contribution in [2.75, 3.05) is 18.0 Å². The van der Waals surface area contributed by atoms with E-state index in [2.05, 4.69) is 10.5 Å². The Balaban J connectivity index is 2.04. The van der Waals surface area contributed by atoms with E-state index in [4.69, 9.17) is 4.74 Å². The second-order valence-corrected chi connectivity index (χ2v) is 6.67. The number of carbonyl (C=O) groups excluding carboxylic acids is 1. The molecule has 1 N–H and O–H groups in total. The van der Waals surface area contributed by atoms with Crippen molar-refractivity contribution >= 4 is 17.5 Å². The third-order valence-corrected chi connectivity index (χ3v) is 3.53. The number of benzene rings is 1. The van der Waals surface area contributed by atoms with Crippen molar-refractivity contribution in [2.24, 2.45) is 5.10 Å². The van der Waals surface area contributed by atoms with Gasteiger partial charge in [0.05, 0.1) is 11.4 Å². The lowest BCUT2D eigenvalue weighted by Crippen LogP contribution is -2.30. The molecule has 1 fully saturated rings. The zero-order valence-electron chi connectivity index (χ0n) is 14.1. The first kappa shape index (κ1) is 17.2. The molecule has 1 aliphatic rings. The molecule has 0 aliphatic carbocycles. The minimum absolute atomic E-state index is 0.267. The Bertz CT molecular complexity index is 602. The van der Waals surface area contributed by atoms with Crippen LogP contribution in [0.15, 0.2) is 23.3 Å². The van der Waals surface area contributed by atoms with Gasteiger partial charge in [-0.2, -0.15) is 5.10 Å². The summed E-state index contributed by atoms with van der Waals surface area (Å²) >= 11 is 0. The number of anilines is 1.